The lowest BCUT2D eigenvalue weighted by molar-refractivity contribution is 0.145. The Morgan fingerprint density at radius 3 is 2.88 bits per heavy atom. The van der Waals surface area contributed by atoms with Crippen LogP contribution in [0.4, 0.5) is 15.3 Å². The summed E-state index contributed by atoms with van der Waals surface area (Å²) in [5, 5.41) is 12.0. The molecule has 1 aromatic heterocycles. The second-order valence-corrected chi connectivity index (χ2v) is 5.72. The van der Waals surface area contributed by atoms with Crippen molar-refractivity contribution in [1.82, 2.24) is 20.2 Å². The SMILES string of the molecule is O=C(O)N1Cc2ncnc(-c3cccc(N4CCNC4=O)c3)c2C1. The number of fused-ring (bicyclic) bond motifs is 1. The van der Waals surface area contributed by atoms with Crippen molar-refractivity contribution in [1.29, 1.82) is 0 Å². The number of carboxylic acid groups (broad SMARTS) is 1. The van der Waals surface area contributed by atoms with E-state index in [2.05, 4.69) is 15.3 Å². The second-order valence-electron chi connectivity index (χ2n) is 5.72. The van der Waals surface area contributed by atoms with Gasteiger partial charge in [0.05, 0.1) is 24.5 Å². The quantitative estimate of drug-likeness (QED) is 0.875. The van der Waals surface area contributed by atoms with Gasteiger partial charge in [-0.2, -0.15) is 0 Å². The summed E-state index contributed by atoms with van der Waals surface area (Å²) in [4.78, 5) is 34.6. The minimum absolute atomic E-state index is 0.114. The van der Waals surface area contributed by atoms with Crippen molar-refractivity contribution < 1.29 is 14.7 Å². The molecule has 0 saturated carbocycles. The van der Waals surface area contributed by atoms with Gasteiger partial charge in [-0.05, 0) is 12.1 Å². The van der Waals surface area contributed by atoms with Crippen LogP contribution < -0.4 is 10.2 Å². The number of carbonyl (C=O) groups is 2. The van der Waals surface area contributed by atoms with Crippen molar-refractivity contribution in [2.45, 2.75) is 13.1 Å². The molecule has 2 aliphatic heterocycles. The average Bonchev–Trinajstić information content (AvgIpc) is 3.20. The largest absolute Gasteiger partial charge is 0.465 e. The Bertz CT molecular complexity index is 838. The molecule has 3 heterocycles. The number of carbonyl (C=O) groups excluding carboxylic acids is 1. The molecule has 122 valence electrons. The average molecular weight is 325 g/mol. The highest BCUT2D eigenvalue weighted by atomic mass is 16.4. The van der Waals surface area contributed by atoms with Gasteiger partial charge in [0.25, 0.3) is 0 Å². The van der Waals surface area contributed by atoms with E-state index in [0.717, 1.165) is 22.5 Å². The van der Waals surface area contributed by atoms with Gasteiger partial charge in [-0.1, -0.05) is 12.1 Å². The molecule has 0 spiro atoms. The Balaban J connectivity index is 1.72. The molecule has 2 aliphatic rings. The highest BCUT2D eigenvalue weighted by Gasteiger charge is 2.28. The fourth-order valence-electron chi connectivity index (χ4n) is 3.10. The number of anilines is 1. The van der Waals surface area contributed by atoms with E-state index in [-0.39, 0.29) is 19.1 Å². The summed E-state index contributed by atoms with van der Waals surface area (Å²) in [5.41, 5.74) is 3.90. The van der Waals surface area contributed by atoms with E-state index >= 15 is 0 Å². The summed E-state index contributed by atoms with van der Waals surface area (Å²) in [6, 6.07) is 7.44. The zero-order valence-corrected chi connectivity index (χ0v) is 12.8. The Kier molecular flexibility index (Phi) is 3.30. The minimum Gasteiger partial charge on any atom is -0.465 e. The van der Waals surface area contributed by atoms with Crippen LogP contribution in [0.1, 0.15) is 11.3 Å². The molecular weight excluding hydrogens is 310 g/mol. The molecule has 0 atom stereocenters. The lowest BCUT2D eigenvalue weighted by Gasteiger charge is -2.15. The van der Waals surface area contributed by atoms with Gasteiger partial charge in [-0.25, -0.2) is 19.6 Å². The summed E-state index contributed by atoms with van der Waals surface area (Å²) in [7, 11) is 0. The number of hydrogen-bond acceptors (Lipinski definition) is 4. The van der Waals surface area contributed by atoms with Crippen LogP contribution in [-0.2, 0) is 13.1 Å². The molecule has 2 N–H and O–H groups in total. The van der Waals surface area contributed by atoms with Crippen LogP contribution in [0.2, 0.25) is 0 Å². The molecule has 2 aromatic rings. The first kappa shape index (κ1) is 14.4. The number of nitrogens with zero attached hydrogens (tertiary/aromatic N) is 4. The van der Waals surface area contributed by atoms with Gasteiger partial charge in [0.2, 0.25) is 0 Å². The lowest BCUT2D eigenvalue weighted by atomic mass is 10.0. The fraction of sp³-hybridized carbons (Fsp3) is 0.250. The molecule has 8 nitrogen and oxygen atoms in total. The lowest BCUT2D eigenvalue weighted by Crippen LogP contribution is -2.27. The molecule has 3 amide bonds. The van der Waals surface area contributed by atoms with Crippen molar-refractivity contribution in [3.63, 3.8) is 0 Å². The van der Waals surface area contributed by atoms with Crippen LogP contribution in [0.3, 0.4) is 0 Å². The second kappa shape index (κ2) is 5.48. The monoisotopic (exact) mass is 325 g/mol. The van der Waals surface area contributed by atoms with Crippen LogP contribution in [0.25, 0.3) is 11.3 Å². The number of urea groups is 1. The predicted molar refractivity (Wildman–Crippen MR) is 85.5 cm³/mol. The van der Waals surface area contributed by atoms with Crippen molar-refractivity contribution >= 4 is 17.8 Å². The number of aromatic nitrogens is 2. The third-order valence-electron chi connectivity index (χ3n) is 4.28. The van der Waals surface area contributed by atoms with E-state index in [9.17, 15) is 14.7 Å². The van der Waals surface area contributed by atoms with E-state index in [4.69, 9.17) is 0 Å². The Morgan fingerprint density at radius 2 is 2.12 bits per heavy atom. The van der Waals surface area contributed by atoms with Gasteiger partial charge in [0, 0.05) is 29.9 Å². The Morgan fingerprint density at radius 1 is 1.25 bits per heavy atom. The molecule has 24 heavy (non-hydrogen) atoms. The molecule has 1 fully saturated rings. The van der Waals surface area contributed by atoms with Crippen molar-refractivity contribution in [3.8, 4) is 11.3 Å². The number of rotatable bonds is 2. The van der Waals surface area contributed by atoms with Crippen LogP contribution in [0.5, 0.6) is 0 Å². The van der Waals surface area contributed by atoms with Crippen molar-refractivity contribution in [2.24, 2.45) is 0 Å². The van der Waals surface area contributed by atoms with Crippen molar-refractivity contribution in [2.75, 3.05) is 18.0 Å². The van der Waals surface area contributed by atoms with Gasteiger partial charge >= 0.3 is 12.1 Å². The molecule has 0 radical (unpaired) electrons. The van der Waals surface area contributed by atoms with Crippen molar-refractivity contribution in [3.05, 3.63) is 41.9 Å². The summed E-state index contributed by atoms with van der Waals surface area (Å²) in [6.07, 6.45) is 0.482. The molecular formula is C16H15N5O3. The highest BCUT2D eigenvalue weighted by molar-refractivity contribution is 5.94. The predicted octanol–water partition coefficient (Wildman–Crippen LogP) is 1.67. The highest BCUT2D eigenvalue weighted by Crippen LogP contribution is 2.31. The van der Waals surface area contributed by atoms with Crippen LogP contribution in [-0.4, -0.2) is 45.2 Å². The zero-order chi connectivity index (χ0) is 16.7. The first-order valence-corrected chi connectivity index (χ1v) is 7.60. The van der Waals surface area contributed by atoms with Gasteiger partial charge in [0.15, 0.2) is 0 Å². The van der Waals surface area contributed by atoms with Gasteiger partial charge in [0.1, 0.15) is 6.33 Å². The summed E-state index contributed by atoms with van der Waals surface area (Å²) in [6.45, 7) is 1.79. The molecule has 1 aromatic carbocycles. The standard InChI is InChI=1S/C16H15N5O3/c22-15-17-4-5-21(15)11-3-1-2-10(6-11)14-12-7-20(16(23)24)8-13(12)18-9-19-14/h1-3,6,9H,4-5,7-8H2,(H,17,22)(H,23,24). The van der Waals surface area contributed by atoms with E-state index in [0.29, 0.717) is 18.8 Å². The Labute approximate surface area is 137 Å². The third kappa shape index (κ3) is 2.32. The van der Waals surface area contributed by atoms with E-state index in [1.54, 1.807) is 4.90 Å². The number of benzene rings is 1. The first-order valence-electron chi connectivity index (χ1n) is 7.60. The molecule has 0 unspecified atom stereocenters. The van der Waals surface area contributed by atoms with Gasteiger partial charge in [-0.3, -0.25) is 9.80 Å². The molecule has 0 bridgehead atoms. The smallest absolute Gasteiger partial charge is 0.407 e. The molecule has 1 saturated heterocycles. The molecule has 0 aliphatic carbocycles. The van der Waals surface area contributed by atoms with Crippen LogP contribution in [0, 0.1) is 0 Å². The van der Waals surface area contributed by atoms with Crippen LogP contribution in [0.15, 0.2) is 30.6 Å². The molecule has 8 heteroatoms. The summed E-state index contributed by atoms with van der Waals surface area (Å²) < 4.78 is 0. The summed E-state index contributed by atoms with van der Waals surface area (Å²) >= 11 is 0. The van der Waals surface area contributed by atoms with E-state index in [1.807, 2.05) is 24.3 Å². The fourth-order valence-corrected chi connectivity index (χ4v) is 3.10. The zero-order valence-electron chi connectivity index (χ0n) is 12.8. The van der Waals surface area contributed by atoms with Gasteiger partial charge in [-0.15, -0.1) is 0 Å². The van der Waals surface area contributed by atoms with Crippen LogP contribution >= 0.6 is 0 Å². The minimum atomic E-state index is -0.971. The van der Waals surface area contributed by atoms with E-state index in [1.165, 1.54) is 11.2 Å². The topological polar surface area (TPSA) is 98.7 Å². The number of nitrogens with one attached hydrogen (secondary N) is 1. The third-order valence-corrected chi connectivity index (χ3v) is 4.28. The first-order chi connectivity index (χ1) is 11.6. The molecule has 4 rings (SSSR count). The summed E-state index contributed by atoms with van der Waals surface area (Å²) in [5.74, 6) is 0. The maximum Gasteiger partial charge on any atom is 0.407 e. The van der Waals surface area contributed by atoms with E-state index < -0.39 is 6.09 Å². The maximum atomic E-state index is 11.8. The maximum absolute atomic E-state index is 11.8. The number of amides is 3. The normalized spacial score (nSPS) is 16.2. The van der Waals surface area contributed by atoms with Gasteiger partial charge < -0.3 is 10.4 Å². The Hall–Kier alpha value is -3.16. The number of hydrogen-bond donors (Lipinski definition) is 2.